The molecule has 0 aromatic carbocycles. The van der Waals surface area contributed by atoms with Crippen LogP contribution >= 0.6 is 0 Å². The van der Waals surface area contributed by atoms with Gasteiger partial charge in [0.05, 0.1) is 34.4 Å². The largest absolute Gasteiger partial charge is 0.477 e. The van der Waals surface area contributed by atoms with E-state index in [2.05, 4.69) is 98.9 Å². The van der Waals surface area contributed by atoms with Crippen LogP contribution < -0.4 is 0 Å². The molecule has 0 aliphatic carbocycles. The van der Waals surface area contributed by atoms with Crippen molar-refractivity contribution >= 4 is 17.9 Å². The third kappa shape index (κ3) is 51.9. The number of hydrogen-bond acceptors (Lipinski definition) is 7. The van der Waals surface area contributed by atoms with E-state index in [0.717, 1.165) is 70.6 Å². The molecule has 0 aliphatic heterocycles. The number of aliphatic carboxylic acids is 1. The van der Waals surface area contributed by atoms with Gasteiger partial charge in [-0.05, 0) is 77.0 Å². The summed E-state index contributed by atoms with van der Waals surface area (Å²) in [6.45, 7) is 4.55. The van der Waals surface area contributed by atoms with E-state index in [4.69, 9.17) is 18.9 Å². The second kappa shape index (κ2) is 50.6. The van der Waals surface area contributed by atoms with Crippen molar-refractivity contribution in [1.29, 1.82) is 0 Å². The maximum Gasteiger partial charge on any atom is 0.361 e. The first-order valence-electron chi connectivity index (χ1n) is 27.4. The Kier molecular flexibility index (Phi) is 47.8. The number of quaternary nitrogens is 1. The number of carboxylic acid groups (broad SMARTS) is 1. The minimum Gasteiger partial charge on any atom is -0.477 e. The highest BCUT2D eigenvalue weighted by Crippen LogP contribution is 2.16. The number of unbranched alkanes of at least 4 members (excludes halogenated alkanes) is 18. The zero-order valence-corrected chi connectivity index (χ0v) is 44.7. The molecule has 0 fully saturated rings. The van der Waals surface area contributed by atoms with E-state index in [1.807, 2.05) is 33.3 Å². The van der Waals surface area contributed by atoms with E-state index in [1.165, 1.54) is 96.3 Å². The van der Waals surface area contributed by atoms with Crippen molar-refractivity contribution < 1.29 is 42.9 Å². The summed E-state index contributed by atoms with van der Waals surface area (Å²) in [6, 6.07) is 0. The molecule has 0 spiro atoms. The van der Waals surface area contributed by atoms with E-state index < -0.39 is 30.3 Å². The molecule has 0 aliphatic rings. The van der Waals surface area contributed by atoms with Gasteiger partial charge in [-0.15, -0.1) is 0 Å². The predicted octanol–water partition coefficient (Wildman–Crippen LogP) is 15.8. The van der Waals surface area contributed by atoms with Gasteiger partial charge >= 0.3 is 17.9 Å². The van der Waals surface area contributed by atoms with Crippen LogP contribution in [0.3, 0.4) is 0 Å². The van der Waals surface area contributed by atoms with Crippen LogP contribution in [-0.2, 0) is 33.3 Å². The first kappa shape index (κ1) is 65.2. The Bertz CT molecular complexity index is 1450. The lowest BCUT2D eigenvalue weighted by molar-refractivity contribution is -0.870. The predicted molar refractivity (Wildman–Crippen MR) is 290 cm³/mol. The Labute approximate surface area is 422 Å². The minimum atomic E-state index is -1.53. The number of rotatable bonds is 49. The maximum atomic E-state index is 12.8. The molecule has 0 heterocycles. The van der Waals surface area contributed by atoms with Gasteiger partial charge in [-0.1, -0.05) is 214 Å². The molecular formula is C60H102NO8+. The monoisotopic (exact) mass is 965 g/mol. The van der Waals surface area contributed by atoms with E-state index in [1.54, 1.807) is 0 Å². The van der Waals surface area contributed by atoms with Crippen molar-refractivity contribution in [2.75, 3.05) is 47.5 Å². The van der Waals surface area contributed by atoms with Crippen LogP contribution in [0, 0.1) is 0 Å². The van der Waals surface area contributed by atoms with Gasteiger partial charge < -0.3 is 28.5 Å². The number of carbonyl (C=O) groups excluding carboxylic acids is 2. The standard InChI is InChI=1S/C60H101NO8/c1-6-8-10-12-14-16-18-20-21-22-23-24-25-26-27-28-29-30-31-32-33-34-35-36-37-39-41-43-45-47-49-51-58(63)69-56(55-68-60(59(64)65)66-53-52-61(3,4)5)54-67-57(62)50-48-46-44-42-40-38-19-17-15-13-11-9-7-2/h8-11,14-17,20-21,23-24,38,40,44,46,56,60H,6-7,12-13,18-19,22,25-37,39,41-43,45,47-55H2,1-5H3/p+1/b10-8-,11-9-,16-14-,17-15-,21-20-,24-23-,40-38-,46-44-. The zero-order chi connectivity index (χ0) is 50.6. The Morgan fingerprint density at radius 1 is 0.435 bits per heavy atom. The van der Waals surface area contributed by atoms with Crippen molar-refractivity contribution in [3.8, 4) is 0 Å². The fraction of sp³-hybridized carbons (Fsp3) is 0.683. The Hall–Kier alpha value is -3.79. The van der Waals surface area contributed by atoms with Crippen LogP contribution in [0.15, 0.2) is 97.2 Å². The van der Waals surface area contributed by atoms with E-state index in [-0.39, 0.29) is 32.7 Å². The summed E-state index contributed by atoms with van der Waals surface area (Å²) >= 11 is 0. The number of allylic oxidation sites excluding steroid dienone is 16. The van der Waals surface area contributed by atoms with Gasteiger partial charge in [0.25, 0.3) is 6.29 Å². The summed E-state index contributed by atoms with van der Waals surface area (Å²) < 4.78 is 22.7. The summed E-state index contributed by atoms with van der Waals surface area (Å²) in [7, 11) is 5.94. The quantitative estimate of drug-likeness (QED) is 0.0211. The molecule has 394 valence electrons. The highest BCUT2D eigenvalue weighted by molar-refractivity contribution is 5.71. The number of ether oxygens (including phenoxy) is 4. The van der Waals surface area contributed by atoms with Gasteiger partial charge in [0, 0.05) is 12.8 Å². The molecule has 2 atom stereocenters. The molecule has 0 aromatic heterocycles. The van der Waals surface area contributed by atoms with Gasteiger partial charge in [0.2, 0.25) is 0 Å². The molecule has 9 nitrogen and oxygen atoms in total. The highest BCUT2D eigenvalue weighted by atomic mass is 16.7. The topological polar surface area (TPSA) is 108 Å². The van der Waals surface area contributed by atoms with Crippen LogP contribution in [-0.4, -0.2) is 87.4 Å². The summed E-state index contributed by atoms with van der Waals surface area (Å²) in [6.07, 6.45) is 65.2. The fourth-order valence-corrected chi connectivity index (χ4v) is 7.19. The average molecular weight is 965 g/mol. The van der Waals surface area contributed by atoms with Gasteiger partial charge in [0.15, 0.2) is 6.10 Å². The second-order valence-electron chi connectivity index (χ2n) is 19.1. The lowest BCUT2D eigenvalue weighted by Crippen LogP contribution is -2.40. The second-order valence-corrected chi connectivity index (χ2v) is 19.1. The SMILES string of the molecule is CC/C=C\C/C=C\C/C=C\C/C=C\CCCCCCCCCCCCCCCCCCCCC(=O)OC(COC(=O)CC/C=C\C/C=C\C/C=C\C/C=C\CC)COC(OCC[N+](C)(C)C)C(=O)O. The van der Waals surface area contributed by atoms with Crippen molar-refractivity contribution in [3.05, 3.63) is 97.2 Å². The Balaban J connectivity index is 4.18. The third-order valence-electron chi connectivity index (χ3n) is 11.3. The lowest BCUT2D eigenvalue weighted by Gasteiger charge is -2.25. The van der Waals surface area contributed by atoms with Gasteiger partial charge in [0.1, 0.15) is 13.2 Å². The molecule has 1 N–H and O–H groups in total. The van der Waals surface area contributed by atoms with Gasteiger partial charge in [-0.2, -0.15) is 0 Å². The first-order chi connectivity index (χ1) is 33.6. The van der Waals surface area contributed by atoms with Crippen LogP contribution in [0.4, 0.5) is 0 Å². The number of carboxylic acids is 1. The van der Waals surface area contributed by atoms with Crippen molar-refractivity contribution in [1.82, 2.24) is 0 Å². The smallest absolute Gasteiger partial charge is 0.361 e. The maximum absolute atomic E-state index is 12.8. The molecule has 0 radical (unpaired) electrons. The molecule has 69 heavy (non-hydrogen) atoms. The van der Waals surface area contributed by atoms with E-state index in [9.17, 15) is 19.5 Å². The van der Waals surface area contributed by atoms with Crippen molar-refractivity contribution in [2.24, 2.45) is 0 Å². The van der Waals surface area contributed by atoms with Crippen LogP contribution in [0.1, 0.15) is 206 Å². The number of nitrogens with zero attached hydrogens (tertiary/aromatic N) is 1. The normalized spacial score (nSPS) is 13.6. The molecule has 0 aromatic rings. The lowest BCUT2D eigenvalue weighted by atomic mass is 10.0. The number of esters is 2. The summed E-state index contributed by atoms with van der Waals surface area (Å²) in [5.74, 6) is -2.12. The molecule has 0 saturated heterocycles. The number of hydrogen-bond donors (Lipinski definition) is 1. The third-order valence-corrected chi connectivity index (χ3v) is 11.3. The molecule has 9 heteroatoms. The number of likely N-dealkylation sites (N-methyl/N-ethyl adjacent to an activating group) is 1. The average Bonchev–Trinajstić information content (AvgIpc) is 3.31. The Morgan fingerprint density at radius 2 is 0.812 bits per heavy atom. The Morgan fingerprint density at radius 3 is 1.22 bits per heavy atom. The zero-order valence-electron chi connectivity index (χ0n) is 44.7. The first-order valence-corrected chi connectivity index (χ1v) is 27.4. The fourth-order valence-electron chi connectivity index (χ4n) is 7.19. The summed E-state index contributed by atoms with van der Waals surface area (Å²) in [5.41, 5.74) is 0. The van der Waals surface area contributed by atoms with Crippen molar-refractivity contribution in [3.63, 3.8) is 0 Å². The molecule has 0 bridgehead atoms. The molecule has 0 amide bonds. The molecular weight excluding hydrogens is 863 g/mol. The van der Waals surface area contributed by atoms with Crippen LogP contribution in [0.25, 0.3) is 0 Å². The molecule has 2 unspecified atom stereocenters. The summed E-state index contributed by atoms with van der Waals surface area (Å²) in [4.78, 5) is 37.2. The van der Waals surface area contributed by atoms with E-state index in [0.29, 0.717) is 23.9 Å². The van der Waals surface area contributed by atoms with Gasteiger partial charge in [-0.25, -0.2) is 4.79 Å². The number of carbonyl (C=O) groups is 3. The molecule has 0 saturated carbocycles. The summed E-state index contributed by atoms with van der Waals surface area (Å²) in [5, 5.41) is 9.67. The van der Waals surface area contributed by atoms with Gasteiger partial charge in [-0.3, -0.25) is 9.59 Å². The van der Waals surface area contributed by atoms with E-state index >= 15 is 0 Å². The highest BCUT2D eigenvalue weighted by Gasteiger charge is 2.25. The molecule has 0 rings (SSSR count). The van der Waals surface area contributed by atoms with Crippen LogP contribution in [0.5, 0.6) is 0 Å². The van der Waals surface area contributed by atoms with Crippen molar-refractivity contribution in [2.45, 2.75) is 219 Å². The minimum absolute atomic E-state index is 0.174. The van der Waals surface area contributed by atoms with Crippen LogP contribution in [0.2, 0.25) is 0 Å².